The van der Waals surface area contributed by atoms with Crippen molar-refractivity contribution in [3.8, 4) is 0 Å². The first-order valence-corrected chi connectivity index (χ1v) is 7.05. The minimum Gasteiger partial charge on any atom is -0.379 e. The number of halogens is 1. The van der Waals surface area contributed by atoms with Gasteiger partial charge in [0.1, 0.15) is 5.82 Å². The maximum absolute atomic E-state index is 13.6. The first kappa shape index (κ1) is 14.4. The monoisotopic (exact) mass is 266 g/mol. The van der Waals surface area contributed by atoms with Gasteiger partial charge in [0.05, 0.1) is 13.2 Å². The molecule has 1 fully saturated rings. The van der Waals surface area contributed by atoms with Gasteiger partial charge in [0.25, 0.3) is 0 Å². The molecule has 1 atom stereocenters. The molecule has 0 amide bonds. The number of hydrogen-bond donors (Lipinski definition) is 1. The van der Waals surface area contributed by atoms with Crippen LogP contribution in [-0.2, 0) is 4.74 Å². The summed E-state index contributed by atoms with van der Waals surface area (Å²) in [5.74, 6) is -0.129. The van der Waals surface area contributed by atoms with Gasteiger partial charge in [-0.05, 0) is 32.5 Å². The number of hydrogen-bond acceptors (Lipinski definition) is 3. The van der Waals surface area contributed by atoms with E-state index in [4.69, 9.17) is 4.74 Å². The zero-order chi connectivity index (χ0) is 13.5. The summed E-state index contributed by atoms with van der Waals surface area (Å²) in [4.78, 5) is 2.42. The predicted octanol–water partition coefficient (Wildman–Crippen LogP) is 2.20. The summed E-state index contributed by atoms with van der Waals surface area (Å²) in [6.07, 6.45) is 1.08. The second kappa shape index (κ2) is 7.58. The SMILES string of the molecule is CC(NCCCN1CCOCC1)c1ccccc1F. The van der Waals surface area contributed by atoms with Crippen molar-refractivity contribution in [1.29, 1.82) is 0 Å². The third-order valence-electron chi connectivity index (χ3n) is 3.58. The molecule has 4 heteroatoms. The Kier molecular flexibility index (Phi) is 5.76. The molecule has 1 aliphatic rings. The number of nitrogens with one attached hydrogen (secondary N) is 1. The first-order chi connectivity index (χ1) is 9.27. The molecule has 1 aromatic rings. The molecule has 1 unspecified atom stereocenters. The summed E-state index contributed by atoms with van der Waals surface area (Å²) in [5, 5.41) is 3.38. The largest absolute Gasteiger partial charge is 0.379 e. The van der Waals surface area contributed by atoms with E-state index in [1.807, 2.05) is 19.1 Å². The minimum absolute atomic E-state index is 0.0610. The van der Waals surface area contributed by atoms with Crippen molar-refractivity contribution in [2.24, 2.45) is 0 Å². The fourth-order valence-corrected chi connectivity index (χ4v) is 2.38. The quantitative estimate of drug-likeness (QED) is 0.799. The highest BCUT2D eigenvalue weighted by Crippen LogP contribution is 2.15. The summed E-state index contributed by atoms with van der Waals surface area (Å²) in [7, 11) is 0. The molecule has 0 aromatic heterocycles. The number of ether oxygens (including phenoxy) is 1. The van der Waals surface area contributed by atoms with Gasteiger partial charge < -0.3 is 10.1 Å². The molecule has 2 rings (SSSR count). The van der Waals surface area contributed by atoms with Crippen LogP contribution >= 0.6 is 0 Å². The summed E-state index contributed by atoms with van der Waals surface area (Å²) >= 11 is 0. The van der Waals surface area contributed by atoms with E-state index in [2.05, 4.69) is 10.2 Å². The maximum atomic E-state index is 13.6. The van der Waals surface area contributed by atoms with Crippen molar-refractivity contribution < 1.29 is 9.13 Å². The lowest BCUT2D eigenvalue weighted by Crippen LogP contribution is -2.37. The van der Waals surface area contributed by atoms with Gasteiger partial charge in [0.2, 0.25) is 0 Å². The Balaban J connectivity index is 1.66. The molecule has 0 aliphatic carbocycles. The maximum Gasteiger partial charge on any atom is 0.127 e. The molecule has 106 valence electrons. The lowest BCUT2D eigenvalue weighted by Gasteiger charge is -2.26. The molecule has 3 nitrogen and oxygen atoms in total. The molecule has 1 aromatic carbocycles. The topological polar surface area (TPSA) is 24.5 Å². The molecule has 1 aliphatic heterocycles. The Labute approximate surface area is 114 Å². The Hall–Kier alpha value is -0.970. The number of benzene rings is 1. The van der Waals surface area contributed by atoms with E-state index in [1.165, 1.54) is 6.07 Å². The molecule has 0 saturated carbocycles. The van der Waals surface area contributed by atoms with Gasteiger partial charge in [0, 0.05) is 24.7 Å². The van der Waals surface area contributed by atoms with E-state index in [1.54, 1.807) is 6.07 Å². The molecule has 0 bridgehead atoms. The smallest absolute Gasteiger partial charge is 0.127 e. The zero-order valence-corrected chi connectivity index (χ0v) is 11.6. The average Bonchev–Trinajstić information content (AvgIpc) is 2.45. The van der Waals surface area contributed by atoms with Gasteiger partial charge in [-0.15, -0.1) is 0 Å². The molecular formula is C15H23FN2O. The van der Waals surface area contributed by atoms with Crippen molar-refractivity contribution in [2.75, 3.05) is 39.4 Å². The van der Waals surface area contributed by atoms with Gasteiger partial charge in [-0.1, -0.05) is 18.2 Å². The van der Waals surface area contributed by atoms with Gasteiger partial charge in [-0.2, -0.15) is 0 Å². The Morgan fingerprint density at radius 3 is 2.79 bits per heavy atom. The predicted molar refractivity (Wildman–Crippen MR) is 74.7 cm³/mol. The van der Waals surface area contributed by atoms with Gasteiger partial charge >= 0.3 is 0 Å². The molecule has 1 saturated heterocycles. The van der Waals surface area contributed by atoms with E-state index in [9.17, 15) is 4.39 Å². The van der Waals surface area contributed by atoms with Gasteiger partial charge in [-0.25, -0.2) is 4.39 Å². The van der Waals surface area contributed by atoms with E-state index < -0.39 is 0 Å². The van der Waals surface area contributed by atoms with Gasteiger partial charge in [-0.3, -0.25) is 4.90 Å². The summed E-state index contributed by atoms with van der Waals surface area (Å²) < 4.78 is 18.9. The lowest BCUT2D eigenvalue weighted by molar-refractivity contribution is 0.0374. The third kappa shape index (κ3) is 4.56. The van der Waals surface area contributed by atoms with Crippen molar-refractivity contribution >= 4 is 0 Å². The highest BCUT2D eigenvalue weighted by atomic mass is 19.1. The van der Waals surface area contributed by atoms with Crippen LogP contribution in [-0.4, -0.2) is 44.3 Å². The summed E-state index contributed by atoms with van der Waals surface area (Å²) in [6.45, 7) is 7.75. The second-order valence-corrected chi connectivity index (χ2v) is 5.00. The number of morpholine rings is 1. The Morgan fingerprint density at radius 2 is 2.05 bits per heavy atom. The van der Waals surface area contributed by atoms with E-state index >= 15 is 0 Å². The highest BCUT2D eigenvalue weighted by Gasteiger charge is 2.11. The fraction of sp³-hybridized carbons (Fsp3) is 0.600. The second-order valence-electron chi connectivity index (χ2n) is 5.00. The third-order valence-corrected chi connectivity index (χ3v) is 3.58. The summed E-state index contributed by atoms with van der Waals surface area (Å²) in [5.41, 5.74) is 0.744. The van der Waals surface area contributed by atoms with Crippen LogP contribution in [0.15, 0.2) is 24.3 Å². The zero-order valence-electron chi connectivity index (χ0n) is 11.6. The molecule has 0 radical (unpaired) electrons. The number of nitrogens with zero attached hydrogens (tertiary/aromatic N) is 1. The van der Waals surface area contributed by atoms with Crippen molar-refractivity contribution in [2.45, 2.75) is 19.4 Å². The van der Waals surface area contributed by atoms with Crippen LogP contribution in [0.1, 0.15) is 24.9 Å². The van der Waals surface area contributed by atoms with Crippen LogP contribution in [0.4, 0.5) is 4.39 Å². The van der Waals surface area contributed by atoms with E-state index in [0.29, 0.717) is 0 Å². The van der Waals surface area contributed by atoms with Crippen LogP contribution in [0.3, 0.4) is 0 Å². The van der Waals surface area contributed by atoms with Crippen LogP contribution < -0.4 is 5.32 Å². The number of rotatable bonds is 6. The molecule has 1 heterocycles. The van der Waals surface area contributed by atoms with Crippen LogP contribution in [0, 0.1) is 5.82 Å². The van der Waals surface area contributed by atoms with Crippen LogP contribution in [0.2, 0.25) is 0 Å². The molecular weight excluding hydrogens is 243 g/mol. The molecule has 1 N–H and O–H groups in total. The first-order valence-electron chi connectivity index (χ1n) is 7.05. The van der Waals surface area contributed by atoms with Crippen LogP contribution in [0.5, 0.6) is 0 Å². The fourth-order valence-electron chi connectivity index (χ4n) is 2.38. The average molecular weight is 266 g/mol. The van der Waals surface area contributed by atoms with Crippen molar-refractivity contribution in [1.82, 2.24) is 10.2 Å². The summed E-state index contributed by atoms with van der Waals surface area (Å²) in [6, 6.07) is 7.02. The van der Waals surface area contributed by atoms with E-state index in [0.717, 1.165) is 51.4 Å². The van der Waals surface area contributed by atoms with E-state index in [-0.39, 0.29) is 11.9 Å². The normalized spacial score (nSPS) is 18.4. The van der Waals surface area contributed by atoms with Gasteiger partial charge in [0.15, 0.2) is 0 Å². The molecule has 0 spiro atoms. The van der Waals surface area contributed by atoms with Crippen molar-refractivity contribution in [3.63, 3.8) is 0 Å². The Bertz CT molecular complexity index is 380. The molecule has 19 heavy (non-hydrogen) atoms. The van der Waals surface area contributed by atoms with Crippen molar-refractivity contribution in [3.05, 3.63) is 35.6 Å². The minimum atomic E-state index is -0.129. The van der Waals surface area contributed by atoms with Crippen LogP contribution in [0.25, 0.3) is 0 Å². The highest BCUT2D eigenvalue weighted by molar-refractivity contribution is 5.20. The lowest BCUT2D eigenvalue weighted by atomic mass is 10.1. The Morgan fingerprint density at radius 1 is 1.32 bits per heavy atom. The standard InChI is InChI=1S/C15H23FN2O/c1-13(14-5-2-3-6-15(14)16)17-7-4-8-18-9-11-19-12-10-18/h2-3,5-6,13,17H,4,7-12H2,1H3.